The first-order chi connectivity index (χ1) is 19.6. The van der Waals surface area contributed by atoms with E-state index in [4.69, 9.17) is 0 Å². The molecule has 2 saturated carbocycles. The Balaban J connectivity index is 1.51. The molecule has 2 aliphatic carbocycles. The maximum Gasteiger partial charge on any atom is 0.0548 e. The molecule has 0 unspecified atom stereocenters. The van der Waals surface area contributed by atoms with Gasteiger partial charge >= 0.3 is 0 Å². The van der Waals surface area contributed by atoms with Crippen LogP contribution in [0.4, 0.5) is 0 Å². The Morgan fingerprint density at radius 1 is 0.619 bits per heavy atom. The van der Waals surface area contributed by atoms with Gasteiger partial charge in [-0.25, -0.2) is 0 Å². The monoisotopic (exact) mass is 589 g/mol. The summed E-state index contributed by atoms with van der Waals surface area (Å²) in [6, 6.07) is 0. The molecule has 42 heavy (non-hydrogen) atoms. The van der Waals surface area contributed by atoms with Gasteiger partial charge in [-0.2, -0.15) is 0 Å². The van der Waals surface area contributed by atoms with Crippen LogP contribution in [0.5, 0.6) is 0 Å². The Morgan fingerprint density at radius 3 is 1.60 bits per heavy atom. The largest absolute Gasteiger partial charge is 0.393 e. The topological polar surface area (TPSA) is 40.5 Å². The molecule has 2 heteroatoms. The SMILES string of the molecule is C[C@@H](CCCC[C@H](C)CCC[C@@H](C)/C=C/[C@H]1[C@@H](C)C[C@H](O)CC1(C)C)CCC[C@@H](C)CC[C@H]1[C@H](C)C[C@H](O)CC1(C)C. The summed E-state index contributed by atoms with van der Waals surface area (Å²) in [6.07, 6.45) is 25.2. The Morgan fingerprint density at radius 2 is 1.07 bits per heavy atom. The van der Waals surface area contributed by atoms with E-state index in [0.717, 1.165) is 49.4 Å². The molecule has 0 aliphatic heterocycles. The lowest BCUT2D eigenvalue weighted by Gasteiger charge is -2.45. The standard InChI is InChI=1S/C40H76O2/c1-29(17-13-19-31(3)21-23-37-33(5)25-35(41)27-39(37,7)8)15-11-12-16-30(2)18-14-20-32(4)22-24-38-34(6)26-36(42)28-40(38,9)10/h21,23,29-38,41-42H,11-20,22,24-28H2,1-10H3/b23-21+/t29-,30-,31+,32+,33-,34+,35-,36-,37-,38-/m0/s1. The molecule has 2 N–H and O–H groups in total. The maximum atomic E-state index is 10.2. The lowest BCUT2D eigenvalue weighted by molar-refractivity contribution is -0.0174. The number of unbranched alkanes of at least 4 members (excludes halogenated alkanes) is 1. The first kappa shape index (κ1) is 37.8. The number of hydrogen-bond donors (Lipinski definition) is 2. The van der Waals surface area contributed by atoms with Crippen LogP contribution in [-0.2, 0) is 0 Å². The van der Waals surface area contributed by atoms with Crippen molar-refractivity contribution in [3.8, 4) is 0 Å². The first-order valence-corrected chi connectivity index (χ1v) is 18.6. The molecule has 2 aliphatic rings. The fourth-order valence-electron chi connectivity index (χ4n) is 9.40. The molecular formula is C40H76O2. The van der Waals surface area contributed by atoms with Gasteiger partial charge in [-0.15, -0.1) is 0 Å². The summed E-state index contributed by atoms with van der Waals surface area (Å²) >= 11 is 0. The molecule has 0 aromatic heterocycles. The molecule has 248 valence electrons. The van der Waals surface area contributed by atoms with Crippen molar-refractivity contribution in [3.05, 3.63) is 12.2 Å². The average Bonchev–Trinajstić information content (AvgIpc) is 2.84. The van der Waals surface area contributed by atoms with Crippen molar-refractivity contribution in [2.75, 3.05) is 0 Å². The molecule has 10 atom stereocenters. The van der Waals surface area contributed by atoms with Gasteiger partial charge in [-0.3, -0.25) is 0 Å². The van der Waals surface area contributed by atoms with Crippen LogP contribution in [0.15, 0.2) is 12.2 Å². The van der Waals surface area contributed by atoms with E-state index in [-0.39, 0.29) is 23.0 Å². The lowest BCUT2D eigenvalue weighted by Crippen LogP contribution is -2.40. The summed E-state index contributed by atoms with van der Waals surface area (Å²) in [5.74, 6) is 5.81. The van der Waals surface area contributed by atoms with Gasteiger partial charge in [0.25, 0.3) is 0 Å². The zero-order valence-electron chi connectivity index (χ0n) is 30.1. The van der Waals surface area contributed by atoms with E-state index < -0.39 is 0 Å². The van der Waals surface area contributed by atoms with Gasteiger partial charge in [0.1, 0.15) is 0 Å². The van der Waals surface area contributed by atoms with Crippen molar-refractivity contribution in [3.63, 3.8) is 0 Å². The second-order valence-corrected chi connectivity index (χ2v) is 17.7. The van der Waals surface area contributed by atoms with E-state index in [0.29, 0.717) is 23.7 Å². The highest BCUT2D eigenvalue weighted by Gasteiger charge is 2.40. The summed E-state index contributed by atoms with van der Waals surface area (Å²) in [6.45, 7) is 24.0. The van der Waals surface area contributed by atoms with Crippen LogP contribution < -0.4 is 0 Å². The minimum atomic E-state index is -0.119. The van der Waals surface area contributed by atoms with Crippen molar-refractivity contribution >= 4 is 0 Å². The highest BCUT2D eigenvalue weighted by atomic mass is 16.3. The van der Waals surface area contributed by atoms with Gasteiger partial charge in [0.05, 0.1) is 12.2 Å². The maximum absolute atomic E-state index is 10.2. The Bertz CT molecular complexity index is 753. The van der Waals surface area contributed by atoms with Crippen molar-refractivity contribution in [2.24, 2.45) is 58.2 Å². The van der Waals surface area contributed by atoms with Crippen molar-refractivity contribution in [1.29, 1.82) is 0 Å². The minimum absolute atomic E-state index is 0.0871. The van der Waals surface area contributed by atoms with E-state index >= 15 is 0 Å². The molecular weight excluding hydrogens is 512 g/mol. The second kappa shape index (κ2) is 18.0. The van der Waals surface area contributed by atoms with Gasteiger partial charge in [-0.05, 0) is 96.7 Å². The highest BCUT2D eigenvalue weighted by molar-refractivity contribution is 5.03. The molecule has 0 aromatic rings. The summed E-state index contributed by atoms with van der Waals surface area (Å²) in [5.41, 5.74) is 0.491. The van der Waals surface area contributed by atoms with Crippen LogP contribution in [-0.4, -0.2) is 22.4 Å². The smallest absolute Gasteiger partial charge is 0.0548 e. The zero-order valence-corrected chi connectivity index (χ0v) is 30.1. The summed E-state index contributed by atoms with van der Waals surface area (Å²) in [5, 5.41) is 20.4. The van der Waals surface area contributed by atoms with Gasteiger partial charge < -0.3 is 10.2 Å². The van der Waals surface area contributed by atoms with E-state index in [2.05, 4.69) is 81.4 Å². The van der Waals surface area contributed by atoms with Gasteiger partial charge in [0, 0.05) is 0 Å². The fourth-order valence-corrected chi connectivity index (χ4v) is 9.40. The molecule has 0 radical (unpaired) electrons. The summed E-state index contributed by atoms with van der Waals surface area (Å²) in [4.78, 5) is 0. The quantitative estimate of drug-likeness (QED) is 0.123. The predicted octanol–water partition coefficient (Wildman–Crippen LogP) is 11.6. The number of aliphatic hydroxyl groups is 2. The molecule has 2 rings (SSSR count). The minimum Gasteiger partial charge on any atom is -0.393 e. The first-order valence-electron chi connectivity index (χ1n) is 18.6. The predicted molar refractivity (Wildman–Crippen MR) is 185 cm³/mol. The zero-order chi connectivity index (χ0) is 31.5. The third-order valence-electron chi connectivity index (χ3n) is 12.0. The number of rotatable bonds is 18. The lowest BCUT2D eigenvalue weighted by atomic mass is 9.61. The van der Waals surface area contributed by atoms with Crippen LogP contribution in [0.1, 0.15) is 172 Å². The van der Waals surface area contributed by atoms with Crippen LogP contribution in [0, 0.1) is 58.2 Å². The van der Waals surface area contributed by atoms with Crippen LogP contribution in [0.25, 0.3) is 0 Å². The van der Waals surface area contributed by atoms with Crippen LogP contribution >= 0.6 is 0 Å². The Hall–Kier alpha value is -0.340. The van der Waals surface area contributed by atoms with E-state index in [1.165, 1.54) is 77.0 Å². The van der Waals surface area contributed by atoms with Gasteiger partial charge in [-0.1, -0.05) is 146 Å². The number of allylic oxidation sites excluding steroid dienone is 2. The highest BCUT2D eigenvalue weighted by Crippen LogP contribution is 2.47. The van der Waals surface area contributed by atoms with Crippen molar-refractivity contribution in [2.45, 2.75) is 184 Å². The molecule has 0 aromatic carbocycles. The molecule has 2 fully saturated rings. The molecule has 0 heterocycles. The summed E-state index contributed by atoms with van der Waals surface area (Å²) < 4.78 is 0. The molecule has 0 bridgehead atoms. The molecule has 2 nitrogen and oxygen atoms in total. The van der Waals surface area contributed by atoms with Crippen LogP contribution in [0.2, 0.25) is 0 Å². The van der Waals surface area contributed by atoms with Gasteiger partial charge in [0.2, 0.25) is 0 Å². The van der Waals surface area contributed by atoms with E-state index in [9.17, 15) is 10.2 Å². The van der Waals surface area contributed by atoms with E-state index in [1.807, 2.05) is 0 Å². The third kappa shape index (κ3) is 13.3. The van der Waals surface area contributed by atoms with Crippen LogP contribution in [0.3, 0.4) is 0 Å². The average molecular weight is 589 g/mol. The second-order valence-electron chi connectivity index (χ2n) is 17.7. The third-order valence-corrected chi connectivity index (χ3v) is 12.0. The normalized spacial score (nSPS) is 32.5. The molecule has 0 saturated heterocycles. The molecule has 0 spiro atoms. The number of hydrogen-bond acceptors (Lipinski definition) is 2. The van der Waals surface area contributed by atoms with E-state index in [1.54, 1.807) is 0 Å². The molecule has 0 amide bonds. The summed E-state index contributed by atoms with van der Waals surface area (Å²) in [7, 11) is 0. The van der Waals surface area contributed by atoms with Crippen molar-refractivity contribution < 1.29 is 10.2 Å². The van der Waals surface area contributed by atoms with Gasteiger partial charge in [0.15, 0.2) is 0 Å². The Kier molecular flexibility index (Phi) is 16.2. The van der Waals surface area contributed by atoms with Crippen molar-refractivity contribution in [1.82, 2.24) is 0 Å². The number of aliphatic hydroxyl groups excluding tert-OH is 2. The Labute approximate surface area is 264 Å². The fraction of sp³-hybridized carbons (Fsp3) is 0.950.